The van der Waals surface area contributed by atoms with E-state index in [1.165, 1.54) is 0 Å². The molecule has 2 heterocycles. The minimum atomic E-state index is -0.0942. The zero-order valence-corrected chi connectivity index (χ0v) is 11.3. The lowest BCUT2D eigenvalue weighted by Crippen LogP contribution is -2.16. The SMILES string of the molecule is O=c1ccc(-c2cccc(CO)c2)cn1-c1ccncc1. The molecule has 0 amide bonds. The highest BCUT2D eigenvalue weighted by atomic mass is 16.3. The molecular weight excluding hydrogens is 264 g/mol. The Morgan fingerprint density at radius 1 is 1.00 bits per heavy atom. The van der Waals surface area contributed by atoms with Crippen molar-refractivity contribution in [2.24, 2.45) is 0 Å². The number of hydrogen-bond donors (Lipinski definition) is 1. The summed E-state index contributed by atoms with van der Waals surface area (Å²) in [6.07, 6.45) is 5.11. The van der Waals surface area contributed by atoms with Crippen molar-refractivity contribution in [3.05, 3.63) is 83.0 Å². The van der Waals surface area contributed by atoms with Crippen LogP contribution in [0.5, 0.6) is 0 Å². The number of rotatable bonds is 3. The molecule has 0 radical (unpaired) electrons. The fourth-order valence-electron chi connectivity index (χ4n) is 2.21. The van der Waals surface area contributed by atoms with Gasteiger partial charge in [-0.1, -0.05) is 18.2 Å². The van der Waals surface area contributed by atoms with Gasteiger partial charge in [0.1, 0.15) is 0 Å². The van der Waals surface area contributed by atoms with Crippen LogP contribution in [0, 0.1) is 0 Å². The lowest BCUT2D eigenvalue weighted by atomic mass is 10.0. The van der Waals surface area contributed by atoms with E-state index in [-0.39, 0.29) is 12.2 Å². The molecule has 0 unspecified atom stereocenters. The summed E-state index contributed by atoms with van der Waals surface area (Å²) >= 11 is 0. The quantitative estimate of drug-likeness (QED) is 0.800. The highest BCUT2D eigenvalue weighted by Gasteiger charge is 2.04. The molecule has 0 fully saturated rings. The third-order valence-electron chi connectivity index (χ3n) is 3.29. The lowest BCUT2D eigenvalue weighted by Gasteiger charge is -2.09. The van der Waals surface area contributed by atoms with Crippen LogP contribution in [0.1, 0.15) is 5.56 Å². The molecule has 0 spiro atoms. The standard InChI is InChI=1S/C17H14N2O2/c20-12-13-2-1-3-14(10-13)15-4-5-17(21)19(11-15)16-6-8-18-9-7-16/h1-11,20H,12H2. The van der Waals surface area contributed by atoms with Crippen LogP contribution < -0.4 is 5.56 Å². The summed E-state index contributed by atoms with van der Waals surface area (Å²) in [6.45, 7) is -0.00215. The van der Waals surface area contributed by atoms with Gasteiger partial charge in [-0.25, -0.2) is 0 Å². The Labute approximate surface area is 122 Å². The Bertz CT molecular complexity index is 810. The Morgan fingerprint density at radius 3 is 2.57 bits per heavy atom. The zero-order chi connectivity index (χ0) is 14.7. The van der Waals surface area contributed by atoms with E-state index in [1.54, 1.807) is 47.4 Å². The zero-order valence-electron chi connectivity index (χ0n) is 11.3. The number of pyridine rings is 2. The largest absolute Gasteiger partial charge is 0.392 e. The van der Waals surface area contributed by atoms with Crippen LogP contribution in [-0.4, -0.2) is 14.7 Å². The average Bonchev–Trinajstić information content (AvgIpc) is 2.56. The maximum absolute atomic E-state index is 12.0. The fraction of sp³-hybridized carbons (Fsp3) is 0.0588. The summed E-state index contributed by atoms with van der Waals surface area (Å²) in [5.74, 6) is 0. The predicted octanol–water partition coefficient (Wildman–Crippen LogP) is 2.39. The van der Waals surface area contributed by atoms with Gasteiger partial charge in [-0.05, 0) is 41.0 Å². The van der Waals surface area contributed by atoms with Crippen molar-refractivity contribution >= 4 is 0 Å². The van der Waals surface area contributed by atoms with Gasteiger partial charge in [0, 0.05) is 24.7 Å². The molecule has 0 aliphatic carbocycles. The molecule has 0 aliphatic rings. The molecule has 3 aromatic rings. The van der Waals surface area contributed by atoms with E-state index >= 15 is 0 Å². The summed E-state index contributed by atoms with van der Waals surface area (Å²) in [4.78, 5) is 16.0. The first-order chi connectivity index (χ1) is 10.3. The molecular formula is C17H14N2O2. The second-order valence-corrected chi connectivity index (χ2v) is 4.69. The van der Waals surface area contributed by atoms with Gasteiger partial charge >= 0.3 is 0 Å². The van der Waals surface area contributed by atoms with Crippen LogP contribution in [-0.2, 0) is 6.61 Å². The number of benzene rings is 1. The third kappa shape index (κ3) is 2.75. The van der Waals surface area contributed by atoms with Crippen LogP contribution in [0.2, 0.25) is 0 Å². The van der Waals surface area contributed by atoms with Crippen molar-refractivity contribution in [1.82, 2.24) is 9.55 Å². The maximum Gasteiger partial charge on any atom is 0.255 e. The highest BCUT2D eigenvalue weighted by Crippen LogP contribution is 2.20. The van der Waals surface area contributed by atoms with E-state index in [0.29, 0.717) is 0 Å². The molecule has 0 saturated carbocycles. The van der Waals surface area contributed by atoms with Gasteiger partial charge in [-0.15, -0.1) is 0 Å². The van der Waals surface area contributed by atoms with Gasteiger partial charge in [0.05, 0.1) is 12.3 Å². The molecule has 1 aromatic carbocycles. The van der Waals surface area contributed by atoms with Crippen LogP contribution in [0.25, 0.3) is 16.8 Å². The second-order valence-electron chi connectivity index (χ2n) is 4.69. The van der Waals surface area contributed by atoms with Crippen molar-refractivity contribution in [3.8, 4) is 16.8 Å². The van der Waals surface area contributed by atoms with Gasteiger partial charge in [0.25, 0.3) is 5.56 Å². The minimum Gasteiger partial charge on any atom is -0.392 e. The Hall–Kier alpha value is -2.72. The highest BCUT2D eigenvalue weighted by molar-refractivity contribution is 5.63. The molecule has 0 saturated heterocycles. The van der Waals surface area contributed by atoms with E-state index in [2.05, 4.69) is 4.98 Å². The Kier molecular flexibility index (Phi) is 3.62. The topological polar surface area (TPSA) is 55.1 Å². The molecule has 3 rings (SSSR count). The monoisotopic (exact) mass is 278 g/mol. The molecule has 4 heteroatoms. The first kappa shape index (κ1) is 13.3. The lowest BCUT2D eigenvalue weighted by molar-refractivity contribution is 0.282. The second kappa shape index (κ2) is 5.73. The van der Waals surface area contributed by atoms with E-state index in [1.807, 2.05) is 24.3 Å². The van der Waals surface area contributed by atoms with Crippen LogP contribution in [0.3, 0.4) is 0 Å². The molecule has 0 bridgehead atoms. The van der Waals surface area contributed by atoms with Crippen molar-refractivity contribution in [3.63, 3.8) is 0 Å². The van der Waals surface area contributed by atoms with Crippen molar-refractivity contribution in [2.75, 3.05) is 0 Å². The fourth-order valence-corrected chi connectivity index (χ4v) is 2.21. The number of aliphatic hydroxyl groups is 1. The van der Waals surface area contributed by atoms with E-state index in [0.717, 1.165) is 22.4 Å². The first-order valence-electron chi connectivity index (χ1n) is 6.61. The van der Waals surface area contributed by atoms with E-state index < -0.39 is 0 Å². The van der Waals surface area contributed by atoms with Crippen LogP contribution >= 0.6 is 0 Å². The van der Waals surface area contributed by atoms with Gasteiger partial charge < -0.3 is 5.11 Å². The molecule has 0 aliphatic heterocycles. The Balaban J connectivity index is 2.11. The van der Waals surface area contributed by atoms with E-state index in [4.69, 9.17) is 0 Å². The minimum absolute atomic E-state index is 0.00215. The summed E-state index contributed by atoms with van der Waals surface area (Å²) in [5, 5.41) is 9.22. The van der Waals surface area contributed by atoms with E-state index in [9.17, 15) is 9.90 Å². The molecule has 0 atom stereocenters. The van der Waals surface area contributed by atoms with Gasteiger partial charge in [0.2, 0.25) is 0 Å². The van der Waals surface area contributed by atoms with Crippen LogP contribution in [0.15, 0.2) is 71.9 Å². The van der Waals surface area contributed by atoms with Gasteiger partial charge in [-0.2, -0.15) is 0 Å². The third-order valence-corrected chi connectivity index (χ3v) is 3.29. The summed E-state index contributed by atoms with van der Waals surface area (Å²) in [5.41, 5.74) is 3.40. The summed E-state index contributed by atoms with van der Waals surface area (Å²) in [7, 11) is 0. The van der Waals surface area contributed by atoms with Gasteiger partial charge in [0.15, 0.2) is 0 Å². The predicted molar refractivity (Wildman–Crippen MR) is 81.2 cm³/mol. The summed E-state index contributed by atoms with van der Waals surface area (Å²) in [6, 6.07) is 14.5. The van der Waals surface area contributed by atoms with Crippen LogP contribution in [0.4, 0.5) is 0 Å². The first-order valence-corrected chi connectivity index (χ1v) is 6.61. The maximum atomic E-state index is 12.0. The molecule has 21 heavy (non-hydrogen) atoms. The average molecular weight is 278 g/mol. The van der Waals surface area contributed by atoms with Gasteiger partial charge in [-0.3, -0.25) is 14.3 Å². The smallest absolute Gasteiger partial charge is 0.255 e. The number of hydrogen-bond acceptors (Lipinski definition) is 3. The number of aliphatic hydroxyl groups excluding tert-OH is 1. The molecule has 1 N–H and O–H groups in total. The molecule has 104 valence electrons. The number of aromatic nitrogens is 2. The molecule has 2 aromatic heterocycles. The van der Waals surface area contributed by atoms with Crippen molar-refractivity contribution in [2.45, 2.75) is 6.61 Å². The number of nitrogens with zero attached hydrogens (tertiary/aromatic N) is 2. The van der Waals surface area contributed by atoms with Crippen molar-refractivity contribution < 1.29 is 5.11 Å². The summed E-state index contributed by atoms with van der Waals surface area (Å²) < 4.78 is 1.59. The normalized spacial score (nSPS) is 10.5. The van der Waals surface area contributed by atoms with Crippen molar-refractivity contribution in [1.29, 1.82) is 0 Å². The Morgan fingerprint density at radius 2 is 1.81 bits per heavy atom. The molecule has 4 nitrogen and oxygen atoms in total.